The maximum atomic E-state index is 11.0. The van der Waals surface area contributed by atoms with Crippen molar-refractivity contribution in [2.45, 2.75) is 30.4 Å². The first-order valence-corrected chi connectivity index (χ1v) is 7.10. The average Bonchev–Trinajstić information content (AvgIpc) is 2.43. The van der Waals surface area contributed by atoms with Gasteiger partial charge in [0.05, 0.1) is 18.1 Å². The Morgan fingerprint density at radius 1 is 1.52 bits per heavy atom. The Morgan fingerprint density at radius 2 is 2.14 bits per heavy atom. The number of nitro groups is 1. The number of thioether (sulfide) groups is 1. The number of benzene rings is 1. The van der Waals surface area contributed by atoms with Crippen LogP contribution in [0.15, 0.2) is 18.2 Å². The lowest BCUT2D eigenvalue weighted by atomic mass is 10.1. The lowest BCUT2D eigenvalue weighted by molar-refractivity contribution is -0.385. The van der Waals surface area contributed by atoms with Crippen LogP contribution in [0.2, 0.25) is 0 Å². The van der Waals surface area contributed by atoms with Crippen molar-refractivity contribution in [3.8, 4) is 5.75 Å². The summed E-state index contributed by atoms with van der Waals surface area (Å²) in [5, 5.41) is 19.8. The molecule has 0 saturated heterocycles. The summed E-state index contributed by atoms with van der Waals surface area (Å²) >= 11 is 1.32. The molecule has 0 aliphatic heterocycles. The summed E-state index contributed by atoms with van der Waals surface area (Å²) in [6.45, 7) is 3.45. The Balaban J connectivity index is 2.90. The molecule has 7 nitrogen and oxygen atoms in total. The number of hydrogen-bond donors (Lipinski definition) is 2. The molecule has 21 heavy (non-hydrogen) atoms. The second kappa shape index (κ2) is 6.77. The van der Waals surface area contributed by atoms with Crippen LogP contribution in [-0.2, 0) is 10.5 Å². The van der Waals surface area contributed by atoms with Gasteiger partial charge >= 0.3 is 5.97 Å². The molecule has 116 valence electrons. The van der Waals surface area contributed by atoms with Gasteiger partial charge in [-0.3, -0.25) is 14.9 Å². The van der Waals surface area contributed by atoms with Crippen LogP contribution in [0.5, 0.6) is 5.75 Å². The number of nitro benzene ring substituents is 1. The molecular weight excluding hydrogens is 296 g/mol. The number of ether oxygens (including phenoxy) is 1. The molecule has 0 radical (unpaired) electrons. The number of rotatable bonds is 7. The molecule has 0 unspecified atom stereocenters. The third-order valence-corrected chi connectivity index (χ3v) is 4.50. The molecule has 0 saturated carbocycles. The van der Waals surface area contributed by atoms with E-state index in [0.717, 1.165) is 0 Å². The van der Waals surface area contributed by atoms with Crippen LogP contribution in [0.3, 0.4) is 0 Å². The Bertz CT molecular complexity index is 547. The molecule has 0 aliphatic carbocycles. The van der Waals surface area contributed by atoms with Crippen LogP contribution in [0.25, 0.3) is 0 Å². The maximum Gasteiger partial charge on any atom is 0.321 e. The number of methoxy groups -OCH3 is 1. The molecule has 1 rings (SSSR count). The third-order valence-electron chi connectivity index (χ3n) is 3.02. The molecule has 0 aromatic heterocycles. The monoisotopic (exact) mass is 314 g/mol. The number of non-ortho nitro benzene ring substituents is 1. The molecule has 0 amide bonds. The first-order valence-electron chi connectivity index (χ1n) is 6.12. The van der Waals surface area contributed by atoms with Crippen molar-refractivity contribution in [2.24, 2.45) is 5.73 Å². The van der Waals surface area contributed by atoms with Gasteiger partial charge in [0.25, 0.3) is 5.69 Å². The zero-order valence-corrected chi connectivity index (χ0v) is 12.8. The molecule has 1 aromatic carbocycles. The Hall–Kier alpha value is -1.80. The lowest BCUT2D eigenvalue weighted by Gasteiger charge is -2.28. The number of hydrogen-bond acceptors (Lipinski definition) is 6. The van der Waals surface area contributed by atoms with Gasteiger partial charge < -0.3 is 15.6 Å². The predicted octanol–water partition coefficient (Wildman–Crippen LogP) is 2.03. The summed E-state index contributed by atoms with van der Waals surface area (Å²) in [6, 6.07) is 3.44. The first-order chi connectivity index (χ1) is 9.67. The van der Waals surface area contributed by atoms with E-state index in [4.69, 9.17) is 15.6 Å². The van der Waals surface area contributed by atoms with Crippen LogP contribution in [0, 0.1) is 10.1 Å². The van der Waals surface area contributed by atoms with E-state index in [0.29, 0.717) is 17.1 Å². The minimum atomic E-state index is -1.08. The van der Waals surface area contributed by atoms with Gasteiger partial charge in [-0.2, -0.15) is 0 Å². The second-order valence-corrected chi connectivity index (χ2v) is 6.63. The van der Waals surface area contributed by atoms with Crippen molar-refractivity contribution < 1.29 is 19.6 Å². The molecule has 0 bridgehead atoms. The van der Waals surface area contributed by atoms with Crippen LogP contribution in [0.1, 0.15) is 19.4 Å². The summed E-state index contributed by atoms with van der Waals surface area (Å²) in [5.41, 5.74) is 6.25. The van der Waals surface area contributed by atoms with Gasteiger partial charge in [-0.25, -0.2) is 0 Å². The highest BCUT2D eigenvalue weighted by molar-refractivity contribution is 7.99. The molecule has 0 spiro atoms. The van der Waals surface area contributed by atoms with E-state index in [9.17, 15) is 14.9 Å². The molecule has 0 fully saturated rings. The highest BCUT2D eigenvalue weighted by atomic mass is 32.2. The number of nitrogens with zero attached hydrogens (tertiary/aromatic N) is 1. The smallest absolute Gasteiger partial charge is 0.321 e. The summed E-state index contributed by atoms with van der Waals surface area (Å²) in [4.78, 5) is 21.3. The quantitative estimate of drug-likeness (QED) is 0.584. The van der Waals surface area contributed by atoms with Crippen LogP contribution in [-0.4, -0.2) is 33.9 Å². The van der Waals surface area contributed by atoms with E-state index >= 15 is 0 Å². The van der Waals surface area contributed by atoms with Crippen LogP contribution >= 0.6 is 11.8 Å². The average molecular weight is 314 g/mol. The van der Waals surface area contributed by atoms with Gasteiger partial charge in [-0.05, 0) is 25.5 Å². The van der Waals surface area contributed by atoms with Crippen molar-refractivity contribution in [3.05, 3.63) is 33.9 Å². The van der Waals surface area contributed by atoms with Gasteiger partial charge in [0.15, 0.2) is 0 Å². The fourth-order valence-corrected chi connectivity index (χ4v) is 2.59. The van der Waals surface area contributed by atoms with Gasteiger partial charge in [0.2, 0.25) is 0 Å². The molecule has 1 aromatic rings. The fourth-order valence-electron chi connectivity index (χ4n) is 1.61. The highest BCUT2D eigenvalue weighted by Crippen LogP contribution is 2.33. The second-order valence-electron chi connectivity index (χ2n) is 5.00. The zero-order chi connectivity index (χ0) is 16.2. The number of carboxylic acid groups (broad SMARTS) is 1. The normalized spacial score (nSPS) is 12.8. The molecule has 8 heteroatoms. The first kappa shape index (κ1) is 17.3. The zero-order valence-electron chi connectivity index (χ0n) is 12.0. The lowest BCUT2D eigenvalue weighted by Crippen LogP contribution is -2.46. The summed E-state index contributed by atoms with van der Waals surface area (Å²) in [7, 11) is 1.43. The fraction of sp³-hybridized carbons (Fsp3) is 0.462. The van der Waals surface area contributed by atoms with Crippen LogP contribution < -0.4 is 10.5 Å². The van der Waals surface area contributed by atoms with Gasteiger partial charge in [-0.15, -0.1) is 11.8 Å². The molecule has 0 aliphatic rings. The minimum absolute atomic E-state index is 0.0645. The number of nitrogens with two attached hydrogens (primary N) is 1. The Kier molecular flexibility index (Phi) is 5.56. The predicted molar refractivity (Wildman–Crippen MR) is 80.6 cm³/mol. The summed E-state index contributed by atoms with van der Waals surface area (Å²) < 4.78 is 4.33. The highest BCUT2D eigenvalue weighted by Gasteiger charge is 2.32. The Morgan fingerprint density at radius 3 is 2.62 bits per heavy atom. The molecule has 3 N–H and O–H groups in total. The molecule has 1 atom stereocenters. The summed E-state index contributed by atoms with van der Waals surface area (Å²) in [6.07, 6.45) is 0. The van der Waals surface area contributed by atoms with Crippen LogP contribution in [0.4, 0.5) is 5.69 Å². The standard InChI is InChI=1S/C13H18N2O5S/c1-13(2,11(14)12(16)17)21-7-8-4-9(15(18)19)6-10(5-8)20-3/h4-6,11H,7,14H2,1-3H3,(H,16,17)/t11-/m1/s1. The van der Waals surface area contributed by atoms with Crippen molar-refractivity contribution >= 4 is 23.4 Å². The van der Waals surface area contributed by atoms with E-state index in [1.165, 1.54) is 31.0 Å². The largest absolute Gasteiger partial charge is 0.496 e. The number of carboxylic acids is 1. The van der Waals surface area contributed by atoms with Gasteiger partial charge in [0.1, 0.15) is 11.8 Å². The SMILES string of the molecule is COc1cc(CSC(C)(C)[C@H](N)C(=O)O)cc([N+](=O)[O-])c1. The Labute approximate surface area is 126 Å². The van der Waals surface area contributed by atoms with E-state index in [1.807, 2.05) is 0 Å². The topological polar surface area (TPSA) is 116 Å². The van der Waals surface area contributed by atoms with Crippen molar-refractivity contribution in [2.75, 3.05) is 7.11 Å². The van der Waals surface area contributed by atoms with E-state index < -0.39 is 21.7 Å². The maximum absolute atomic E-state index is 11.0. The van der Waals surface area contributed by atoms with Crippen molar-refractivity contribution in [1.29, 1.82) is 0 Å². The van der Waals surface area contributed by atoms with Gasteiger partial charge in [-0.1, -0.05) is 0 Å². The van der Waals surface area contributed by atoms with E-state index in [1.54, 1.807) is 19.9 Å². The number of carbonyl (C=O) groups is 1. The van der Waals surface area contributed by atoms with Gasteiger partial charge in [0, 0.05) is 16.6 Å². The minimum Gasteiger partial charge on any atom is -0.496 e. The molecular formula is C13H18N2O5S. The number of aliphatic carboxylic acids is 1. The van der Waals surface area contributed by atoms with E-state index in [2.05, 4.69) is 0 Å². The summed E-state index contributed by atoms with van der Waals surface area (Å²) in [5.74, 6) is -0.296. The van der Waals surface area contributed by atoms with Crippen molar-refractivity contribution in [3.63, 3.8) is 0 Å². The van der Waals surface area contributed by atoms with Crippen molar-refractivity contribution in [1.82, 2.24) is 0 Å². The molecule has 0 heterocycles. The third kappa shape index (κ3) is 4.61. The van der Waals surface area contributed by atoms with E-state index in [-0.39, 0.29) is 5.69 Å².